The lowest BCUT2D eigenvalue weighted by Gasteiger charge is -2.35. The van der Waals surface area contributed by atoms with Gasteiger partial charge in [0.15, 0.2) is 5.11 Å². The Morgan fingerprint density at radius 1 is 0.851 bits per heavy atom. The number of benzene rings is 3. The number of esters is 1. The highest BCUT2D eigenvalue weighted by molar-refractivity contribution is 7.80. The quantitative estimate of drug-likeness (QED) is 0.194. The van der Waals surface area contributed by atoms with Crippen molar-refractivity contribution in [2.45, 2.75) is 39.3 Å². The Bertz CT molecular complexity index is 1510. The van der Waals surface area contributed by atoms with E-state index >= 15 is 0 Å². The minimum absolute atomic E-state index is 0.0652. The van der Waals surface area contributed by atoms with E-state index in [-0.39, 0.29) is 24.8 Å². The van der Waals surface area contributed by atoms with Gasteiger partial charge in [-0.25, -0.2) is 4.79 Å². The van der Waals surface area contributed by atoms with Crippen LogP contribution < -0.4 is 15.0 Å². The van der Waals surface area contributed by atoms with E-state index in [1.54, 1.807) is 31.2 Å². The molecule has 2 heterocycles. The highest BCUT2D eigenvalue weighted by Crippen LogP contribution is 2.29. The first-order valence-corrected chi connectivity index (χ1v) is 16.7. The van der Waals surface area contributed by atoms with Gasteiger partial charge in [0, 0.05) is 45.0 Å². The third-order valence-electron chi connectivity index (χ3n) is 8.37. The van der Waals surface area contributed by atoms with E-state index in [1.807, 2.05) is 42.2 Å². The molecule has 0 unspecified atom stereocenters. The molecule has 248 valence electrons. The van der Waals surface area contributed by atoms with Crippen molar-refractivity contribution in [2.75, 3.05) is 62.7 Å². The maximum atomic E-state index is 13.9. The van der Waals surface area contributed by atoms with Gasteiger partial charge in [-0.05, 0) is 93.1 Å². The van der Waals surface area contributed by atoms with Crippen molar-refractivity contribution in [1.82, 2.24) is 14.7 Å². The second-order valence-corrected chi connectivity index (χ2v) is 12.0. The summed E-state index contributed by atoms with van der Waals surface area (Å²) in [6.45, 7) is 10.8. The predicted molar refractivity (Wildman–Crippen MR) is 187 cm³/mol. The number of amides is 2. The molecule has 3 aromatic rings. The van der Waals surface area contributed by atoms with Crippen molar-refractivity contribution in [2.24, 2.45) is 0 Å². The van der Waals surface area contributed by atoms with E-state index in [0.29, 0.717) is 41.0 Å². The maximum absolute atomic E-state index is 13.9. The molecule has 0 bridgehead atoms. The van der Waals surface area contributed by atoms with Crippen LogP contribution in [0, 0.1) is 0 Å². The van der Waals surface area contributed by atoms with Crippen molar-refractivity contribution in [1.29, 1.82) is 0 Å². The van der Waals surface area contributed by atoms with Gasteiger partial charge in [-0.3, -0.25) is 19.4 Å². The third-order valence-corrected chi connectivity index (χ3v) is 8.79. The molecule has 0 saturated carbocycles. The average Bonchev–Trinajstić information content (AvgIpc) is 3.31. The number of piperazine rings is 1. The molecule has 11 heteroatoms. The molecular formula is C36H43N5O5S. The minimum Gasteiger partial charge on any atom is -0.494 e. The molecule has 0 aromatic heterocycles. The summed E-state index contributed by atoms with van der Waals surface area (Å²) in [7, 11) is 0. The molecule has 2 amide bonds. The molecule has 10 nitrogen and oxygen atoms in total. The summed E-state index contributed by atoms with van der Waals surface area (Å²) < 4.78 is 10.6. The van der Waals surface area contributed by atoms with E-state index in [2.05, 4.69) is 39.4 Å². The summed E-state index contributed by atoms with van der Waals surface area (Å²) in [4.78, 5) is 47.5. The Kier molecular flexibility index (Phi) is 11.9. The Morgan fingerprint density at radius 3 is 2.19 bits per heavy atom. The van der Waals surface area contributed by atoms with Crippen molar-refractivity contribution in [3.8, 4) is 5.75 Å². The second-order valence-electron chi connectivity index (χ2n) is 11.6. The number of rotatable bonds is 14. The Balaban J connectivity index is 1.21. The Labute approximate surface area is 282 Å². The van der Waals surface area contributed by atoms with Crippen molar-refractivity contribution < 1.29 is 23.9 Å². The van der Waals surface area contributed by atoms with Crippen LogP contribution in [0.3, 0.4) is 0 Å². The SMILES string of the molecule is CCOC(=O)c1ccc(NC(=O)C[C@H]2C(=O)N(c3ccc(OCC)cc3)C(=S)N2CCCN2CCN(Cc3ccccc3)CC2)cc1. The number of nitrogens with zero attached hydrogens (tertiary/aromatic N) is 4. The smallest absolute Gasteiger partial charge is 0.338 e. The van der Waals surface area contributed by atoms with Crippen LogP contribution >= 0.6 is 12.2 Å². The van der Waals surface area contributed by atoms with Crippen LogP contribution in [0.2, 0.25) is 0 Å². The van der Waals surface area contributed by atoms with Crippen LogP contribution in [0.4, 0.5) is 11.4 Å². The summed E-state index contributed by atoms with van der Waals surface area (Å²) in [5.74, 6) is -0.265. The van der Waals surface area contributed by atoms with Gasteiger partial charge in [0.1, 0.15) is 11.8 Å². The third kappa shape index (κ3) is 8.94. The fourth-order valence-electron chi connectivity index (χ4n) is 5.95. The van der Waals surface area contributed by atoms with Gasteiger partial charge in [0.25, 0.3) is 5.91 Å². The molecule has 1 atom stereocenters. The van der Waals surface area contributed by atoms with E-state index in [0.717, 1.165) is 45.7 Å². The number of carbonyl (C=O) groups excluding carboxylic acids is 3. The highest BCUT2D eigenvalue weighted by Gasteiger charge is 2.44. The molecule has 0 aliphatic carbocycles. The zero-order valence-corrected chi connectivity index (χ0v) is 27.9. The first-order valence-electron chi connectivity index (χ1n) is 16.3. The number of hydrogen-bond donors (Lipinski definition) is 1. The summed E-state index contributed by atoms with van der Waals surface area (Å²) in [6, 6.07) is 23.6. The van der Waals surface area contributed by atoms with Gasteiger partial charge in [-0.15, -0.1) is 0 Å². The zero-order valence-electron chi connectivity index (χ0n) is 27.1. The monoisotopic (exact) mass is 657 g/mol. The maximum Gasteiger partial charge on any atom is 0.338 e. The number of nitrogens with one attached hydrogen (secondary N) is 1. The molecular weight excluding hydrogens is 614 g/mol. The first-order chi connectivity index (χ1) is 22.9. The summed E-state index contributed by atoms with van der Waals surface area (Å²) >= 11 is 5.88. The van der Waals surface area contributed by atoms with Gasteiger partial charge < -0.3 is 24.6 Å². The molecule has 5 rings (SSSR count). The predicted octanol–water partition coefficient (Wildman–Crippen LogP) is 4.80. The number of carbonyl (C=O) groups is 3. The fourth-order valence-corrected chi connectivity index (χ4v) is 6.37. The van der Waals surface area contributed by atoms with Crippen LogP contribution in [0.25, 0.3) is 0 Å². The molecule has 0 spiro atoms. The van der Waals surface area contributed by atoms with E-state index in [4.69, 9.17) is 21.7 Å². The summed E-state index contributed by atoms with van der Waals surface area (Å²) in [5.41, 5.74) is 2.89. The number of ether oxygens (including phenoxy) is 2. The van der Waals surface area contributed by atoms with Crippen molar-refractivity contribution in [3.05, 3.63) is 90.0 Å². The van der Waals surface area contributed by atoms with Gasteiger partial charge in [-0.2, -0.15) is 0 Å². The summed E-state index contributed by atoms with van der Waals surface area (Å²) in [6.07, 6.45) is 0.737. The van der Waals surface area contributed by atoms with E-state index in [9.17, 15) is 14.4 Å². The highest BCUT2D eigenvalue weighted by atomic mass is 32.1. The Hall–Kier alpha value is -4.32. The molecule has 2 aliphatic heterocycles. The average molecular weight is 658 g/mol. The molecule has 2 fully saturated rings. The lowest BCUT2D eigenvalue weighted by atomic mass is 10.1. The van der Waals surface area contributed by atoms with Gasteiger partial charge in [0.05, 0.1) is 30.9 Å². The fraction of sp³-hybridized carbons (Fsp3) is 0.389. The van der Waals surface area contributed by atoms with Crippen LogP contribution in [0.5, 0.6) is 5.75 Å². The van der Waals surface area contributed by atoms with Crippen molar-refractivity contribution in [3.63, 3.8) is 0 Å². The van der Waals surface area contributed by atoms with Gasteiger partial charge in [-0.1, -0.05) is 30.3 Å². The molecule has 2 aliphatic rings. The normalized spacial score (nSPS) is 17.2. The van der Waals surface area contributed by atoms with Gasteiger partial charge >= 0.3 is 5.97 Å². The minimum atomic E-state index is -0.740. The number of hydrogen-bond acceptors (Lipinski definition) is 8. The molecule has 0 radical (unpaired) electrons. The Morgan fingerprint density at radius 2 is 1.53 bits per heavy atom. The first kappa shape index (κ1) is 34.0. The molecule has 3 aromatic carbocycles. The summed E-state index contributed by atoms with van der Waals surface area (Å²) in [5, 5.41) is 3.26. The number of thiocarbonyl (C=S) groups is 1. The van der Waals surface area contributed by atoms with Crippen molar-refractivity contribution >= 4 is 46.5 Å². The van der Waals surface area contributed by atoms with Crippen LogP contribution in [-0.2, 0) is 20.9 Å². The molecule has 2 saturated heterocycles. The van der Waals surface area contributed by atoms with E-state index < -0.39 is 12.0 Å². The van der Waals surface area contributed by atoms with E-state index in [1.165, 1.54) is 10.5 Å². The van der Waals surface area contributed by atoms with Crippen LogP contribution in [0.15, 0.2) is 78.9 Å². The molecule has 47 heavy (non-hydrogen) atoms. The standard InChI is InChI=1S/C36H43N5O5S/c1-3-45-31-17-15-30(16-18-31)41-34(43)32(25-33(42)37-29-13-11-28(12-14-29)35(44)46-4-2)40(36(41)47)20-8-19-38-21-23-39(24-22-38)26-27-9-6-5-7-10-27/h5-7,9-18,32H,3-4,8,19-26H2,1-2H3,(H,37,42)/t32-/m0/s1. The topological polar surface area (TPSA) is 94.7 Å². The number of anilines is 2. The lowest BCUT2D eigenvalue weighted by Crippen LogP contribution is -2.47. The largest absolute Gasteiger partial charge is 0.494 e. The van der Waals surface area contributed by atoms with Crippen LogP contribution in [0.1, 0.15) is 42.6 Å². The lowest BCUT2D eigenvalue weighted by molar-refractivity contribution is -0.124. The van der Waals surface area contributed by atoms with Crippen LogP contribution in [-0.4, -0.2) is 96.1 Å². The zero-order chi connectivity index (χ0) is 33.2. The van der Waals surface area contributed by atoms with Gasteiger partial charge in [0.2, 0.25) is 5.91 Å². The second kappa shape index (κ2) is 16.5. The molecule has 1 N–H and O–H groups in total.